The molecule has 24 heavy (non-hydrogen) atoms. The number of carbonyl (C=O) groups excluding carboxylic acids is 3. The van der Waals surface area contributed by atoms with Crippen molar-refractivity contribution in [3.63, 3.8) is 0 Å². The van der Waals surface area contributed by atoms with Gasteiger partial charge in [-0.25, -0.2) is 13.4 Å². The molecule has 1 aromatic heterocycles. The molecule has 0 saturated carbocycles. The minimum atomic E-state index is -3.88. The zero-order valence-electron chi connectivity index (χ0n) is 12.7. The molecule has 0 unspecified atom stereocenters. The average Bonchev–Trinajstić information content (AvgIpc) is 2.70. The lowest BCUT2D eigenvalue weighted by molar-refractivity contribution is -0.127. The van der Waals surface area contributed by atoms with Crippen LogP contribution in [0.3, 0.4) is 0 Å². The summed E-state index contributed by atoms with van der Waals surface area (Å²) < 4.78 is 26.1. The molecule has 0 bridgehead atoms. The molecule has 1 aromatic rings. The first kappa shape index (κ1) is 18.0. The van der Waals surface area contributed by atoms with Crippen molar-refractivity contribution >= 4 is 27.6 Å². The van der Waals surface area contributed by atoms with E-state index in [4.69, 9.17) is 5.73 Å². The van der Waals surface area contributed by atoms with Gasteiger partial charge in [0.1, 0.15) is 6.42 Å². The van der Waals surface area contributed by atoms with Gasteiger partial charge >= 0.3 is 0 Å². The molecule has 1 atom stereocenters. The van der Waals surface area contributed by atoms with E-state index in [2.05, 4.69) is 10.3 Å². The number of ketones is 1. The summed E-state index contributed by atoms with van der Waals surface area (Å²) in [5.74, 6) is -2.16. The van der Waals surface area contributed by atoms with Crippen LogP contribution in [0.2, 0.25) is 0 Å². The maximum absolute atomic E-state index is 12.5. The highest BCUT2D eigenvalue weighted by atomic mass is 32.2. The molecule has 2 amide bonds. The van der Waals surface area contributed by atoms with Crippen molar-refractivity contribution < 1.29 is 22.8 Å². The lowest BCUT2D eigenvalue weighted by atomic mass is 10.1. The molecule has 1 aliphatic rings. The van der Waals surface area contributed by atoms with Crippen LogP contribution in [0.5, 0.6) is 0 Å². The minimum Gasteiger partial charge on any atom is -0.369 e. The molecule has 3 N–H and O–H groups in total. The number of carbonyl (C=O) groups is 3. The van der Waals surface area contributed by atoms with Crippen LogP contribution in [0.25, 0.3) is 0 Å². The van der Waals surface area contributed by atoms with Gasteiger partial charge in [-0.15, -0.1) is 0 Å². The number of amides is 2. The summed E-state index contributed by atoms with van der Waals surface area (Å²) >= 11 is 0. The molecule has 129 valence electrons. The summed E-state index contributed by atoms with van der Waals surface area (Å²) in [5, 5.41) is 2.23. The fraction of sp³-hybridized carbons (Fsp3) is 0.357. The lowest BCUT2D eigenvalue weighted by Gasteiger charge is -2.19. The van der Waals surface area contributed by atoms with Gasteiger partial charge in [0.15, 0.2) is 10.8 Å². The van der Waals surface area contributed by atoms with Crippen molar-refractivity contribution in [2.24, 2.45) is 5.73 Å². The predicted molar refractivity (Wildman–Crippen MR) is 82.7 cm³/mol. The number of pyridine rings is 1. The number of hydrogen-bond donors (Lipinski definition) is 2. The summed E-state index contributed by atoms with van der Waals surface area (Å²) in [6.07, 6.45) is 2.64. The van der Waals surface area contributed by atoms with Gasteiger partial charge < -0.3 is 11.1 Å². The van der Waals surface area contributed by atoms with Crippen LogP contribution in [0, 0.1) is 6.42 Å². The van der Waals surface area contributed by atoms with Crippen molar-refractivity contribution in [3.05, 3.63) is 30.8 Å². The Hall–Kier alpha value is -2.33. The first-order chi connectivity index (χ1) is 11.3. The molecule has 1 fully saturated rings. The van der Waals surface area contributed by atoms with E-state index in [1.54, 1.807) is 12.1 Å². The van der Waals surface area contributed by atoms with Gasteiger partial charge in [-0.3, -0.25) is 14.4 Å². The molecule has 2 rings (SSSR count). The van der Waals surface area contributed by atoms with E-state index in [1.807, 2.05) is 0 Å². The number of primary amides is 1. The molecule has 1 saturated heterocycles. The lowest BCUT2D eigenvalue weighted by Crippen LogP contribution is -2.45. The second kappa shape index (κ2) is 7.49. The average molecular weight is 353 g/mol. The fourth-order valence-corrected chi connectivity index (χ4v) is 3.70. The van der Waals surface area contributed by atoms with Crippen LogP contribution in [0.1, 0.15) is 12.8 Å². The standard InChI is InChI=1S/C14H17N4O5S/c15-12(20)8-13(21)17-10-4-3-7-18(9-11(10)19)24(22,23)14-5-1-2-6-16-14/h1-2,5-6,8,10H,3-4,7,9H2,(H2,15,20)(H,17,21)/t10-/m0/s1. The Balaban J connectivity index is 2.09. The molecule has 1 radical (unpaired) electrons. The molecule has 0 aliphatic carbocycles. The highest BCUT2D eigenvalue weighted by Gasteiger charge is 2.33. The van der Waals surface area contributed by atoms with Crippen molar-refractivity contribution in [2.75, 3.05) is 13.1 Å². The van der Waals surface area contributed by atoms with Crippen LogP contribution in [-0.2, 0) is 24.4 Å². The van der Waals surface area contributed by atoms with E-state index in [0.29, 0.717) is 12.8 Å². The second-order valence-electron chi connectivity index (χ2n) is 5.22. The molecule has 1 aliphatic heterocycles. The van der Waals surface area contributed by atoms with Crippen LogP contribution in [0.15, 0.2) is 29.4 Å². The second-order valence-corrected chi connectivity index (χ2v) is 7.11. The van der Waals surface area contributed by atoms with Crippen LogP contribution in [-0.4, -0.2) is 54.4 Å². The first-order valence-electron chi connectivity index (χ1n) is 7.19. The van der Waals surface area contributed by atoms with Gasteiger partial charge in [-0.05, 0) is 25.0 Å². The van der Waals surface area contributed by atoms with Gasteiger partial charge in [0.2, 0.25) is 11.8 Å². The third kappa shape index (κ3) is 4.36. The van der Waals surface area contributed by atoms with E-state index in [9.17, 15) is 22.8 Å². The Morgan fingerprint density at radius 2 is 2.12 bits per heavy atom. The van der Waals surface area contributed by atoms with E-state index in [1.165, 1.54) is 12.3 Å². The van der Waals surface area contributed by atoms with Crippen LogP contribution < -0.4 is 11.1 Å². The quantitative estimate of drug-likeness (QED) is 0.625. The Bertz CT molecular complexity index is 735. The number of aromatic nitrogens is 1. The molecule has 2 heterocycles. The number of nitrogens with zero attached hydrogens (tertiary/aromatic N) is 2. The Morgan fingerprint density at radius 1 is 1.38 bits per heavy atom. The van der Waals surface area contributed by atoms with Gasteiger partial charge in [0, 0.05) is 12.7 Å². The third-order valence-electron chi connectivity index (χ3n) is 3.45. The molecular formula is C14H17N4O5S. The summed E-state index contributed by atoms with van der Waals surface area (Å²) in [7, 11) is -3.88. The SMILES string of the molecule is NC(=O)[CH]C(=O)N[C@H]1CCCN(S(=O)(=O)c2ccccn2)CC1=O. The maximum Gasteiger partial charge on any atom is 0.260 e. The molecular weight excluding hydrogens is 336 g/mol. The maximum atomic E-state index is 12.5. The number of rotatable bonds is 5. The van der Waals surface area contributed by atoms with E-state index in [0.717, 1.165) is 4.31 Å². The Labute approximate surface area is 139 Å². The monoisotopic (exact) mass is 353 g/mol. The number of nitrogens with one attached hydrogen (secondary N) is 1. The Kier molecular flexibility index (Phi) is 5.62. The van der Waals surface area contributed by atoms with Crippen LogP contribution in [0.4, 0.5) is 0 Å². The zero-order valence-corrected chi connectivity index (χ0v) is 13.5. The highest BCUT2D eigenvalue weighted by molar-refractivity contribution is 7.89. The van der Waals surface area contributed by atoms with E-state index in [-0.39, 0.29) is 24.5 Å². The van der Waals surface area contributed by atoms with Crippen molar-refractivity contribution in [1.29, 1.82) is 0 Å². The molecule has 9 nitrogen and oxygen atoms in total. The largest absolute Gasteiger partial charge is 0.369 e. The number of Topliss-reactive ketones (excluding diaryl/α,β-unsaturated/α-hetero) is 1. The molecule has 0 aromatic carbocycles. The minimum absolute atomic E-state index is 0.135. The third-order valence-corrected chi connectivity index (χ3v) is 5.21. The highest BCUT2D eigenvalue weighted by Crippen LogP contribution is 2.17. The molecule has 0 spiro atoms. The van der Waals surface area contributed by atoms with Crippen molar-refractivity contribution in [3.8, 4) is 0 Å². The fourth-order valence-electron chi connectivity index (χ4n) is 2.33. The normalized spacial score (nSPS) is 19.5. The van der Waals surface area contributed by atoms with Crippen LogP contribution >= 0.6 is 0 Å². The van der Waals surface area contributed by atoms with Crippen molar-refractivity contribution in [2.45, 2.75) is 23.9 Å². The number of nitrogens with two attached hydrogens (primary N) is 1. The summed E-state index contributed by atoms with van der Waals surface area (Å²) in [6, 6.07) is 3.62. The van der Waals surface area contributed by atoms with E-state index >= 15 is 0 Å². The Morgan fingerprint density at radius 3 is 2.75 bits per heavy atom. The smallest absolute Gasteiger partial charge is 0.260 e. The molecule has 10 heteroatoms. The van der Waals surface area contributed by atoms with Gasteiger partial charge in [0.05, 0.1) is 12.6 Å². The summed E-state index contributed by atoms with van der Waals surface area (Å²) in [4.78, 5) is 38.3. The van der Waals surface area contributed by atoms with Crippen molar-refractivity contribution in [1.82, 2.24) is 14.6 Å². The summed E-state index contributed by atoms with van der Waals surface area (Å²) in [6.45, 7) is -0.239. The number of sulfonamides is 1. The summed E-state index contributed by atoms with van der Waals surface area (Å²) in [5.41, 5.74) is 4.87. The number of hydrogen-bond acceptors (Lipinski definition) is 6. The van der Waals surface area contributed by atoms with E-state index < -0.39 is 33.7 Å². The topological polar surface area (TPSA) is 140 Å². The first-order valence-corrected chi connectivity index (χ1v) is 8.63. The van der Waals surface area contributed by atoms with Gasteiger partial charge in [-0.1, -0.05) is 6.07 Å². The predicted octanol–water partition coefficient (Wildman–Crippen LogP) is -1.39. The van der Waals surface area contributed by atoms with Gasteiger partial charge in [0.25, 0.3) is 10.0 Å². The van der Waals surface area contributed by atoms with Gasteiger partial charge in [-0.2, -0.15) is 4.31 Å². The zero-order chi connectivity index (χ0) is 17.7.